The standard InChI is InChI=1S/C11H17BrN4O2.C11H17N3O.C10H15BrN4O3.C10H14N4O3.C6H7Br2N3O3.C3HBr2N3O2.C3H7BrO/c1-2-3-8-15-11(14-6-4-5-7-14)9(16(17)18)10(12)13-15;1-9-10(12-5-2-3-6-12)13-7-4-8-14(13)11(9)15;11-9-8(15(17)18)10(13-4-1-2-5-13)14(12-9)6-3-7-16;15-10-8(14(16)17)9(11-4-1-2-5-11)12-6-3-7-13(10)12;7-5-4(11(13)14)6(8)10(9-5)2-1-3-12;4-2-1(8(9)10)3(5)7-6-2;4-2-1-3-5/h2-8H2,1H3;2-8H2,1H3;16H,1-7H2;1-7H2;12H,1-3H2;(H,6,7);5H,1-3H2. The second kappa shape index (κ2) is 39.3. The van der Waals surface area contributed by atoms with E-state index in [1.54, 1.807) is 14.0 Å². The molecule has 0 aromatic carbocycles. The number of nitrogens with one attached hydrogen (secondary N) is 1. The topological polar surface area (TPSA) is 425 Å². The first-order valence-corrected chi connectivity index (χ1v) is 37.4. The Morgan fingerprint density at radius 3 is 1.12 bits per heavy atom. The van der Waals surface area contributed by atoms with Gasteiger partial charge in [0.2, 0.25) is 35.9 Å². The summed E-state index contributed by atoms with van der Waals surface area (Å²) in [5.74, 6) is 2.93. The number of hydrogen-bond donors (Lipinski definition) is 4. The molecule has 97 heavy (non-hydrogen) atoms. The summed E-state index contributed by atoms with van der Waals surface area (Å²) in [4.78, 5) is 84.1. The van der Waals surface area contributed by atoms with Crippen LogP contribution in [-0.4, -0.2) is 176 Å². The highest BCUT2D eigenvalue weighted by Gasteiger charge is 2.37. The summed E-state index contributed by atoms with van der Waals surface area (Å²) in [7, 11) is 0. The average Bonchev–Trinajstić information content (AvgIpc) is 1.62. The predicted molar refractivity (Wildman–Crippen MR) is 386 cm³/mol. The van der Waals surface area contributed by atoms with Crippen molar-refractivity contribution in [1.29, 1.82) is 0 Å². The van der Waals surface area contributed by atoms with Crippen molar-refractivity contribution < 1.29 is 39.9 Å². The molecule has 0 bridgehead atoms. The zero-order chi connectivity index (χ0) is 71.2. The number of anilines is 4. The van der Waals surface area contributed by atoms with Gasteiger partial charge in [0.25, 0.3) is 5.56 Å². The fourth-order valence-corrected chi connectivity index (χ4v) is 15.3. The number of unbranched alkanes of at least 4 members (excludes halogenated alkanes) is 1. The molecule has 43 heteroatoms. The van der Waals surface area contributed by atoms with Crippen LogP contribution in [0.3, 0.4) is 0 Å². The molecule has 6 aromatic heterocycles. The summed E-state index contributed by atoms with van der Waals surface area (Å²) in [6, 6.07) is 0. The number of aliphatic hydroxyl groups is 3. The van der Waals surface area contributed by atoms with Gasteiger partial charge in [-0.2, -0.15) is 20.4 Å². The SMILES string of the molecule is CCCCn1nc(Br)c([N+](=O)[O-])c1N1CCCC1.Cc1c(N2CCCC2)n2n(c1=O)CCC2.O=[N+]([O-])c1c(Br)n[nH]c1Br.O=[N+]([O-])c1c(Br)nn(CCCO)c1Br.O=[N+]([O-])c1c(Br)nn(CCCO)c1N1CCCC1.O=c1c([N+](=O)[O-])c(N2CCCC2)n2n1CCC2.OCCCBr. The molecule has 0 radical (unpaired) electrons. The van der Waals surface area contributed by atoms with Crippen molar-refractivity contribution in [3.05, 3.63) is 104 Å². The van der Waals surface area contributed by atoms with Crippen molar-refractivity contribution in [3.8, 4) is 0 Å². The zero-order valence-corrected chi connectivity index (χ0v) is 64.5. The first kappa shape index (κ1) is 80.3. The van der Waals surface area contributed by atoms with E-state index in [9.17, 15) is 60.2 Å². The van der Waals surface area contributed by atoms with Crippen molar-refractivity contribution in [3.63, 3.8) is 0 Å². The molecule has 4 fully saturated rings. The molecule has 4 N–H and O–H groups in total. The first-order valence-electron chi connectivity index (χ1n) is 31.5. The monoisotopic (exact) mass is 1810 g/mol. The summed E-state index contributed by atoms with van der Waals surface area (Å²) in [6.45, 7) is 16.5. The number of hydrogen-bond acceptors (Lipinski definition) is 23. The van der Waals surface area contributed by atoms with Gasteiger partial charge in [0.15, 0.2) is 9.21 Å². The Balaban J connectivity index is 0.000000183. The van der Waals surface area contributed by atoms with Crippen LogP contribution in [-0.2, 0) is 45.8 Å². The fraction of sp³-hybridized carbons (Fsp3) is 0.667. The maximum atomic E-state index is 12.0. The summed E-state index contributed by atoms with van der Waals surface area (Å²) in [5.41, 5.74) is 0.415. The van der Waals surface area contributed by atoms with Crippen molar-refractivity contribution in [1.82, 2.24) is 58.3 Å². The lowest BCUT2D eigenvalue weighted by atomic mass is 10.3. The van der Waals surface area contributed by atoms with Crippen LogP contribution in [0.2, 0.25) is 0 Å². The largest absolute Gasteiger partial charge is 0.396 e. The van der Waals surface area contributed by atoms with E-state index in [0.717, 1.165) is 154 Å². The summed E-state index contributed by atoms with van der Waals surface area (Å²) in [6.07, 6.45) is 14.8. The highest BCUT2D eigenvalue weighted by Crippen LogP contribution is 2.40. The lowest BCUT2D eigenvalue weighted by Crippen LogP contribution is -2.23. The van der Waals surface area contributed by atoms with E-state index >= 15 is 0 Å². The van der Waals surface area contributed by atoms with E-state index in [4.69, 9.17) is 15.3 Å². The third kappa shape index (κ3) is 20.5. The average molecular weight is 1820 g/mol. The lowest BCUT2D eigenvalue weighted by Gasteiger charge is -2.19. The number of fused-ring (bicyclic) bond motifs is 2. The van der Waals surface area contributed by atoms with E-state index in [2.05, 4.69) is 158 Å². The molecule has 538 valence electrons. The maximum absolute atomic E-state index is 12.0. The van der Waals surface area contributed by atoms with Crippen LogP contribution < -0.4 is 30.7 Å². The molecule has 0 unspecified atom stereocenters. The molecule has 0 aliphatic carbocycles. The minimum absolute atomic E-state index is 0.0230. The number of nitrogens with zero attached hydrogens (tertiary/aromatic N) is 20. The van der Waals surface area contributed by atoms with Gasteiger partial charge in [-0.15, -0.1) is 0 Å². The Kier molecular flexibility index (Phi) is 32.6. The van der Waals surface area contributed by atoms with Gasteiger partial charge in [-0.25, -0.2) is 18.7 Å². The summed E-state index contributed by atoms with van der Waals surface area (Å²) in [5, 5.41) is 98.8. The van der Waals surface area contributed by atoms with Gasteiger partial charge in [0.05, 0.1) is 30.2 Å². The molecule has 0 atom stereocenters. The van der Waals surface area contributed by atoms with Crippen LogP contribution >= 0.6 is 112 Å². The van der Waals surface area contributed by atoms with Gasteiger partial charge >= 0.3 is 34.0 Å². The number of alkyl halides is 1. The van der Waals surface area contributed by atoms with Crippen molar-refractivity contribution in [2.75, 3.05) is 97.1 Å². The number of aromatic nitrogens is 12. The van der Waals surface area contributed by atoms with Gasteiger partial charge < -0.3 is 34.9 Å². The highest BCUT2D eigenvalue weighted by atomic mass is 79.9. The molecule has 0 amide bonds. The first-order chi connectivity index (χ1) is 46.4. The number of H-pyrrole nitrogens is 1. The van der Waals surface area contributed by atoms with Gasteiger partial charge in [-0.1, -0.05) is 29.3 Å². The molecule has 4 saturated heterocycles. The Bertz CT molecular complexity index is 3640. The van der Waals surface area contributed by atoms with Crippen LogP contribution in [0.5, 0.6) is 0 Å². The van der Waals surface area contributed by atoms with Crippen molar-refractivity contribution >= 4 is 163 Å². The van der Waals surface area contributed by atoms with Crippen LogP contribution in [0.4, 0.5) is 51.7 Å². The van der Waals surface area contributed by atoms with Crippen LogP contribution in [0.25, 0.3) is 0 Å². The van der Waals surface area contributed by atoms with E-state index in [1.807, 2.05) is 21.4 Å². The van der Waals surface area contributed by atoms with E-state index < -0.39 is 25.3 Å². The minimum Gasteiger partial charge on any atom is -0.396 e. The molecule has 6 aliphatic heterocycles. The lowest BCUT2D eigenvalue weighted by molar-refractivity contribution is -0.386. The van der Waals surface area contributed by atoms with Gasteiger partial charge in [-0.05, 0) is 192 Å². The third-order valence-electron chi connectivity index (χ3n) is 15.9. The van der Waals surface area contributed by atoms with E-state index in [-0.39, 0.29) is 70.5 Å². The zero-order valence-electron chi connectivity index (χ0n) is 53.4. The number of nitro groups is 5. The quantitative estimate of drug-likeness (QED) is 0.0313. The van der Waals surface area contributed by atoms with Crippen molar-refractivity contribution in [2.45, 2.75) is 156 Å². The van der Waals surface area contributed by atoms with Gasteiger partial charge in [0, 0.05) is 123 Å². The summed E-state index contributed by atoms with van der Waals surface area (Å²) >= 11 is 21.4. The van der Waals surface area contributed by atoms with Crippen LogP contribution in [0, 0.1) is 57.5 Å². The molecular weight excluding hydrogens is 1740 g/mol. The number of aliphatic hydroxyl groups excluding tert-OH is 3. The third-order valence-corrected chi connectivity index (χ3v) is 20.0. The minimum atomic E-state index is -0.533. The molecule has 0 saturated carbocycles. The number of rotatable bonds is 20. The van der Waals surface area contributed by atoms with E-state index in [0.29, 0.717) is 72.3 Å². The Labute approximate surface area is 614 Å². The molecule has 12 rings (SSSR count). The molecular formula is C54H78Br7N21O15. The summed E-state index contributed by atoms with van der Waals surface area (Å²) < 4.78 is 13.8. The molecule has 6 aliphatic rings. The number of aryl methyl sites for hydroxylation is 3. The molecule has 0 spiro atoms. The molecule has 6 aromatic rings. The maximum Gasteiger partial charge on any atom is 0.377 e. The second-order valence-corrected chi connectivity index (χ2v) is 27.8. The second-order valence-electron chi connectivity index (χ2n) is 22.5. The fourth-order valence-electron chi connectivity index (χ4n) is 11.5. The molecule has 12 heterocycles. The molecule has 36 nitrogen and oxygen atoms in total. The van der Waals surface area contributed by atoms with Crippen LogP contribution in [0.1, 0.15) is 109 Å². The smallest absolute Gasteiger partial charge is 0.377 e. The predicted octanol–water partition coefficient (Wildman–Crippen LogP) is 10.3. The van der Waals surface area contributed by atoms with E-state index in [1.165, 1.54) is 28.0 Å². The number of halogens is 7. The van der Waals surface area contributed by atoms with Gasteiger partial charge in [0.1, 0.15) is 5.82 Å². The Morgan fingerprint density at radius 2 is 0.773 bits per heavy atom. The normalized spacial score (nSPS) is 15.0. The van der Waals surface area contributed by atoms with Gasteiger partial charge in [-0.3, -0.25) is 79.3 Å². The Hall–Kier alpha value is -5.70. The van der Waals surface area contributed by atoms with Crippen molar-refractivity contribution in [2.24, 2.45) is 0 Å². The van der Waals surface area contributed by atoms with Crippen LogP contribution in [0.15, 0.2) is 37.2 Å². The number of aromatic amines is 1. The Morgan fingerprint density at radius 1 is 0.423 bits per heavy atom. The highest BCUT2D eigenvalue weighted by molar-refractivity contribution is 9.11.